The van der Waals surface area contributed by atoms with Crippen LogP contribution in [0, 0.1) is 0 Å². The molecule has 1 aromatic carbocycles. The fraction of sp³-hybridized carbons (Fsp3) is 0.0909. The Labute approximate surface area is 85.2 Å². The summed E-state index contributed by atoms with van der Waals surface area (Å²) in [6.45, 7) is 3.49. The largest absolute Gasteiger partial charge is 0.417 e. The third-order valence-electron chi connectivity index (χ3n) is 2.07. The molecule has 1 N–H and O–H groups in total. The molecule has 1 heterocycles. The zero-order valence-corrected chi connectivity index (χ0v) is 7.95. The molecule has 0 saturated carbocycles. The van der Waals surface area contributed by atoms with Crippen LogP contribution in [-0.2, 0) is 0 Å². The summed E-state index contributed by atoms with van der Waals surface area (Å²) in [5, 5.41) is 0. The lowest BCUT2D eigenvalue weighted by molar-refractivity contribution is 0.0996. The number of benzene rings is 1. The maximum absolute atomic E-state index is 11.5. The van der Waals surface area contributed by atoms with Crippen LogP contribution >= 0.6 is 0 Å². The van der Waals surface area contributed by atoms with Crippen molar-refractivity contribution in [2.45, 2.75) is 6.42 Å². The molecule has 0 atom stereocenters. The maximum atomic E-state index is 11.5. The Balaban J connectivity index is 2.50. The monoisotopic (exact) mass is 203 g/mol. The zero-order valence-electron chi connectivity index (χ0n) is 7.95. The van der Waals surface area contributed by atoms with Gasteiger partial charge in [-0.2, -0.15) is 0 Å². The second-order valence-electron chi connectivity index (χ2n) is 3.14. The smallest absolute Gasteiger partial charge is 0.408 e. The van der Waals surface area contributed by atoms with Crippen molar-refractivity contribution < 1.29 is 9.21 Å². The molecule has 15 heavy (non-hydrogen) atoms. The van der Waals surface area contributed by atoms with Crippen LogP contribution in [0.25, 0.3) is 11.1 Å². The van der Waals surface area contributed by atoms with Crippen molar-refractivity contribution >= 4 is 16.9 Å². The second kappa shape index (κ2) is 3.57. The number of nitrogens with one attached hydrogen (secondary N) is 1. The number of oxazole rings is 1. The Hall–Kier alpha value is -2.10. The highest BCUT2D eigenvalue weighted by molar-refractivity contribution is 5.99. The van der Waals surface area contributed by atoms with Gasteiger partial charge in [0, 0.05) is 12.0 Å². The first-order valence-corrected chi connectivity index (χ1v) is 4.47. The number of fused-ring (bicyclic) bond motifs is 1. The minimum Gasteiger partial charge on any atom is -0.408 e. The number of hydrogen-bond donors (Lipinski definition) is 1. The van der Waals surface area contributed by atoms with Crippen molar-refractivity contribution in [3.05, 3.63) is 47.0 Å². The number of aromatic amines is 1. The first-order chi connectivity index (χ1) is 7.20. The topological polar surface area (TPSA) is 63.1 Å². The van der Waals surface area contributed by atoms with E-state index in [0.717, 1.165) is 0 Å². The SMILES string of the molecule is C=CCC(=O)c1ccc2[nH]c(=O)oc2c1. The second-order valence-corrected chi connectivity index (χ2v) is 3.14. The number of hydrogen-bond acceptors (Lipinski definition) is 3. The van der Waals surface area contributed by atoms with E-state index in [1.807, 2.05) is 0 Å². The molecule has 1 aromatic heterocycles. The Bertz CT molecular complexity index is 577. The van der Waals surface area contributed by atoms with Gasteiger partial charge in [-0.1, -0.05) is 6.08 Å². The molecule has 76 valence electrons. The molecular formula is C11H9NO3. The van der Waals surface area contributed by atoms with Crippen LogP contribution in [0.5, 0.6) is 0 Å². The van der Waals surface area contributed by atoms with Gasteiger partial charge in [-0.05, 0) is 18.2 Å². The van der Waals surface area contributed by atoms with Crippen molar-refractivity contribution in [1.82, 2.24) is 4.98 Å². The van der Waals surface area contributed by atoms with E-state index in [1.165, 1.54) is 0 Å². The van der Waals surface area contributed by atoms with E-state index in [0.29, 0.717) is 16.7 Å². The molecule has 4 heteroatoms. The zero-order chi connectivity index (χ0) is 10.8. The van der Waals surface area contributed by atoms with E-state index in [9.17, 15) is 9.59 Å². The lowest BCUT2D eigenvalue weighted by Gasteiger charge is -1.96. The summed E-state index contributed by atoms with van der Waals surface area (Å²) in [4.78, 5) is 24.9. The van der Waals surface area contributed by atoms with Gasteiger partial charge >= 0.3 is 5.76 Å². The van der Waals surface area contributed by atoms with Crippen molar-refractivity contribution in [3.63, 3.8) is 0 Å². The molecule has 0 aliphatic heterocycles. The summed E-state index contributed by atoms with van der Waals surface area (Å²) < 4.78 is 4.85. The van der Waals surface area contributed by atoms with Gasteiger partial charge in [-0.25, -0.2) is 4.79 Å². The highest BCUT2D eigenvalue weighted by Gasteiger charge is 2.07. The summed E-state index contributed by atoms with van der Waals surface area (Å²) in [5.74, 6) is -0.561. The number of Topliss-reactive ketones (excluding diaryl/α,β-unsaturated/α-hetero) is 1. The highest BCUT2D eigenvalue weighted by Crippen LogP contribution is 2.13. The molecule has 0 aliphatic rings. The minimum atomic E-state index is -0.515. The van der Waals surface area contributed by atoms with E-state index < -0.39 is 5.76 Å². The van der Waals surface area contributed by atoms with Crippen molar-refractivity contribution in [3.8, 4) is 0 Å². The van der Waals surface area contributed by atoms with E-state index in [1.54, 1.807) is 24.3 Å². The summed E-state index contributed by atoms with van der Waals surface area (Å²) in [5.41, 5.74) is 1.51. The number of rotatable bonds is 3. The van der Waals surface area contributed by atoms with Crippen LogP contribution in [0.4, 0.5) is 0 Å². The van der Waals surface area contributed by atoms with Crippen LogP contribution in [-0.4, -0.2) is 10.8 Å². The normalized spacial score (nSPS) is 10.4. The van der Waals surface area contributed by atoms with Gasteiger partial charge in [0.25, 0.3) is 0 Å². The number of H-pyrrole nitrogens is 1. The van der Waals surface area contributed by atoms with Crippen LogP contribution in [0.3, 0.4) is 0 Å². The Morgan fingerprint density at radius 1 is 1.53 bits per heavy atom. The third-order valence-corrected chi connectivity index (χ3v) is 2.07. The van der Waals surface area contributed by atoms with Gasteiger partial charge in [0.05, 0.1) is 5.52 Å². The molecule has 2 aromatic rings. The summed E-state index contributed by atoms with van der Waals surface area (Å²) in [6, 6.07) is 4.86. The van der Waals surface area contributed by atoms with Crippen LogP contribution < -0.4 is 5.76 Å². The van der Waals surface area contributed by atoms with Gasteiger partial charge in [-0.15, -0.1) is 6.58 Å². The van der Waals surface area contributed by atoms with Gasteiger partial charge in [-0.3, -0.25) is 9.78 Å². The first kappa shape index (κ1) is 9.45. The summed E-state index contributed by atoms with van der Waals surface area (Å²) in [6.07, 6.45) is 1.82. The Morgan fingerprint density at radius 3 is 3.07 bits per heavy atom. The van der Waals surface area contributed by atoms with Crippen molar-refractivity contribution in [1.29, 1.82) is 0 Å². The number of allylic oxidation sites excluding steroid dienone is 1. The fourth-order valence-electron chi connectivity index (χ4n) is 1.37. The van der Waals surface area contributed by atoms with E-state index in [4.69, 9.17) is 4.42 Å². The van der Waals surface area contributed by atoms with E-state index >= 15 is 0 Å². The Kier molecular flexibility index (Phi) is 2.25. The van der Waals surface area contributed by atoms with Crippen LogP contribution in [0.1, 0.15) is 16.8 Å². The molecule has 2 rings (SSSR count). The minimum absolute atomic E-state index is 0.0456. The standard InChI is InChI=1S/C11H9NO3/c1-2-3-9(13)7-4-5-8-10(6-7)15-11(14)12-8/h2,4-6H,1,3H2,(H,12,14). The average Bonchev–Trinajstić information content (AvgIpc) is 2.57. The fourth-order valence-corrected chi connectivity index (χ4v) is 1.37. The number of carbonyl (C=O) groups is 1. The molecule has 0 fully saturated rings. The average molecular weight is 203 g/mol. The molecule has 0 radical (unpaired) electrons. The summed E-state index contributed by atoms with van der Waals surface area (Å²) in [7, 11) is 0. The van der Waals surface area contributed by atoms with Gasteiger partial charge in [0.2, 0.25) is 0 Å². The lowest BCUT2D eigenvalue weighted by Crippen LogP contribution is -1.95. The summed E-state index contributed by atoms with van der Waals surface area (Å²) >= 11 is 0. The molecule has 0 bridgehead atoms. The molecule has 4 nitrogen and oxygen atoms in total. The maximum Gasteiger partial charge on any atom is 0.417 e. The van der Waals surface area contributed by atoms with Gasteiger partial charge in [0.1, 0.15) is 0 Å². The predicted molar refractivity (Wildman–Crippen MR) is 56.0 cm³/mol. The van der Waals surface area contributed by atoms with Gasteiger partial charge in [0.15, 0.2) is 11.4 Å². The molecule has 0 spiro atoms. The predicted octanol–water partition coefficient (Wildman–Crippen LogP) is 1.88. The third kappa shape index (κ3) is 1.74. The molecule has 0 aliphatic carbocycles. The van der Waals surface area contributed by atoms with Gasteiger partial charge < -0.3 is 4.42 Å². The molecule has 0 unspecified atom stereocenters. The number of ketones is 1. The highest BCUT2D eigenvalue weighted by atomic mass is 16.4. The van der Waals surface area contributed by atoms with E-state index in [2.05, 4.69) is 11.6 Å². The quantitative estimate of drug-likeness (QED) is 0.611. The van der Waals surface area contributed by atoms with Crippen LogP contribution in [0.2, 0.25) is 0 Å². The lowest BCUT2D eigenvalue weighted by atomic mass is 10.1. The van der Waals surface area contributed by atoms with E-state index in [-0.39, 0.29) is 12.2 Å². The van der Waals surface area contributed by atoms with Crippen molar-refractivity contribution in [2.75, 3.05) is 0 Å². The number of carbonyl (C=O) groups excluding carboxylic acids is 1. The van der Waals surface area contributed by atoms with Crippen molar-refractivity contribution in [2.24, 2.45) is 0 Å². The van der Waals surface area contributed by atoms with Crippen LogP contribution in [0.15, 0.2) is 40.1 Å². The number of aromatic nitrogens is 1. The first-order valence-electron chi connectivity index (χ1n) is 4.47. The molecule has 0 amide bonds. The molecule has 0 saturated heterocycles. The Morgan fingerprint density at radius 2 is 2.33 bits per heavy atom. The molecular weight excluding hydrogens is 194 g/mol.